The number of alkyl halides is 6. The Hall–Kier alpha value is -8.86. The second kappa shape index (κ2) is 22.1. The van der Waals surface area contributed by atoms with E-state index in [0.717, 1.165) is 42.5 Å². The van der Waals surface area contributed by atoms with E-state index in [1.165, 1.54) is 132 Å². The maximum absolute atomic E-state index is 13.3. The number of methoxy groups -OCH3 is 1. The van der Waals surface area contributed by atoms with Gasteiger partial charge in [-0.3, -0.25) is 0 Å². The molecular formula is C53H34F8N4O8S2. The van der Waals surface area contributed by atoms with Gasteiger partial charge in [0.05, 0.1) is 73.4 Å². The topological polar surface area (TPSA) is 168 Å². The van der Waals surface area contributed by atoms with Crippen molar-refractivity contribution in [2.75, 3.05) is 7.11 Å². The minimum Gasteiger partial charge on any atom is -0.478 e. The lowest BCUT2D eigenvalue weighted by molar-refractivity contribution is -0.138. The number of esters is 1. The van der Waals surface area contributed by atoms with Crippen LogP contribution in [0.5, 0.6) is 0 Å². The monoisotopic (exact) mass is 1070 g/mol. The van der Waals surface area contributed by atoms with Gasteiger partial charge in [0.2, 0.25) is 0 Å². The Labute approximate surface area is 422 Å². The molecule has 0 aliphatic carbocycles. The summed E-state index contributed by atoms with van der Waals surface area (Å²) in [5.41, 5.74) is -0.0936. The van der Waals surface area contributed by atoms with Gasteiger partial charge in [0.15, 0.2) is 19.7 Å². The third kappa shape index (κ3) is 13.8. The number of halogens is 8. The SMILES string of the molecule is COC(=O)c1ccc(S(=O)(=O)Cc2ccn(-c3ccc(C(F)(F)F)cc3)n2)c(C#Cc2ccc(F)cc2)c1.O=C(O)c1ccc(S(=O)(=O)Cc2ccn(-c3ccc(C(F)(F)F)cc3)n2)c(C#Cc2ccc(F)cc2)c1. The summed E-state index contributed by atoms with van der Waals surface area (Å²) in [5.74, 6) is 6.84. The van der Waals surface area contributed by atoms with E-state index in [9.17, 15) is 66.7 Å². The average molecular weight is 1070 g/mol. The van der Waals surface area contributed by atoms with Gasteiger partial charge in [-0.05, 0) is 146 Å². The molecule has 0 unspecified atom stereocenters. The van der Waals surface area contributed by atoms with E-state index in [0.29, 0.717) is 22.5 Å². The van der Waals surface area contributed by atoms with Gasteiger partial charge in [-0.1, -0.05) is 23.7 Å². The van der Waals surface area contributed by atoms with Crippen LogP contribution in [-0.4, -0.2) is 60.6 Å². The fourth-order valence-corrected chi connectivity index (χ4v) is 9.68. The number of nitrogens with zero attached hydrogens (tertiary/aromatic N) is 4. The number of aromatic nitrogens is 4. The molecule has 382 valence electrons. The van der Waals surface area contributed by atoms with Crippen molar-refractivity contribution in [2.24, 2.45) is 0 Å². The highest BCUT2D eigenvalue weighted by Crippen LogP contribution is 2.31. The molecule has 8 rings (SSSR count). The number of benzene rings is 6. The highest BCUT2D eigenvalue weighted by molar-refractivity contribution is 7.91. The molecular weight excluding hydrogens is 1040 g/mol. The number of sulfone groups is 2. The quantitative estimate of drug-likeness (QED) is 0.0791. The predicted molar refractivity (Wildman–Crippen MR) is 255 cm³/mol. The third-order valence-corrected chi connectivity index (χ3v) is 14.0. The number of carbonyl (C=O) groups is 2. The normalized spacial score (nSPS) is 11.5. The van der Waals surface area contributed by atoms with E-state index < -0.39 is 78.2 Å². The van der Waals surface area contributed by atoms with Crippen molar-refractivity contribution >= 4 is 31.6 Å². The van der Waals surface area contributed by atoms with Crippen molar-refractivity contribution in [3.05, 3.63) is 226 Å². The predicted octanol–water partition coefficient (Wildman–Crippen LogP) is 10.3. The Morgan fingerprint density at radius 3 is 1.27 bits per heavy atom. The standard InChI is InChI=1S/C27H18F4N2O4S.C26H16F4N2O4S/c1-37-26(34)20-6-13-25(19(16-20)5-2-18-3-9-22(28)10-4-18)38(35,36)17-23-14-15-33(32-23)24-11-7-21(8-12-24)27(29,30)31;27-21-8-2-17(3-9-21)1-4-18-15-19(25(33)34)5-12-24(18)37(35,36)16-22-13-14-32(31-22)23-10-6-20(7-11-23)26(28,29)30/h3-4,6-16H,17H2,1H3;2-3,5-15H,16H2,(H,33,34). The van der Waals surface area contributed by atoms with Gasteiger partial charge in [-0.2, -0.15) is 36.5 Å². The van der Waals surface area contributed by atoms with Crippen LogP contribution in [0, 0.1) is 35.3 Å². The number of hydrogen-bond donors (Lipinski definition) is 1. The van der Waals surface area contributed by atoms with Gasteiger partial charge in [-0.15, -0.1) is 0 Å². The first-order chi connectivity index (χ1) is 35.4. The number of carboxylic acid groups (broad SMARTS) is 1. The van der Waals surface area contributed by atoms with Crippen molar-refractivity contribution in [2.45, 2.75) is 33.6 Å². The van der Waals surface area contributed by atoms with Gasteiger partial charge in [0.1, 0.15) is 11.6 Å². The van der Waals surface area contributed by atoms with Gasteiger partial charge >= 0.3 is 24.3 Å². The largest absolute Gasteiger partial charge is 0.478 e. The minimum absolute atomic E-state index is 0.0272. The highest BCUT2D eigenvalue weighted by atomic mass is 32.2. The van der Waals surface area contributed by atoms with Crippen molar-refractivity contribution < 1.29 is 71.4 Å². The van der Waals surface area contributed by atoms with Crippen LogP contribution >= 0.6 is 0 Å². The number of rotatable bonds is 10. The number of carbonyl (C=O) groups excluding carboxylic acids is 1. The molecule has 0 radical (unpaired) electrons. The number of hydrogen-bond acceptors (Lipinski definition) is 9. The lowest BCUT2D eigenvalue weighted by atomic mass is 10.1. The Kier molecular flexibility index (Phi) is 15.9. The van der Waals surface area contributed by atoms with Crippen molar-refractivity contribution in [3.63, 3.8) is 0 Å². The molecule has 0 aliphatic heterocycles. The summed E-state index contributed by atoms with van der Waals surface area (Å²) in [6, 6.07) is 29.0. The van der Waals surface area contributed by atoms with Crippen molar-refractivity contribution in [1.29, 1.82) is 0 Å². The Balaban J connectivity index is 0.000000219. The van der Waals surface area contributed by atoms with E-state index in [1.807, 2.05) is 0 Å². The fourth-order valence-electron chi connectivity index (χ4n) is 6.84. The summed E-state index contributed by atoms with van der Waals surface area (Å²) < 4.78 is 164. The molecule has 6 aromatic carbocycles. The van der Waals surface area contributed by atoms with Gasteiger partial charge in [-0.25, -0.2) is 44.6 Å². The molecule has 2 heterocycles. The van der Waals surface area contributed by atoms with E-state index in [2.05, 4.69) is 33.9 Å². The molecule has 0 saturated carbocycles. The molecule has 1 N–H and O–H groups in total. The fraction of sp³-hybridized carbons (Fsp3) is 0.0943. The van der Waals surface area contributed by atoms with Crippen molar-refractivity contribution in [3.8, 4) is 35.1 Å². The molecule has 0 amide bonds. The first-order valence-electron chi connectivity index (χ1n) is 21.4. The van der Waals surface area contributed by atoms with Crippen LogP contribution in [0.4, 0.5) is 35.1 Å². The van der Waals surface area contributed by atoms with Gasteiger partial charge in [0, 0.05) is 34.6 Å². The zero-order valence-electron chi connectivity index (χ0n) is 38.4. The summed E-state index contributed by atoms with van der Waals surface area (Å²) in [6.45, 7) is 0. The molecule has 0 fully saturated rings. The number of carboxylic acids is 1. The van der Waals surface area contributed by atoms with E-state index in [4.69, 9.17) is 4.74 Å². The average Bonchev–Trinajstić information content (AvgIpc) is 4.04. The molecule has 2 aromatic heterocycles. The zero-order chi connectivity index (χ0) is 54.3. The molecule has 22 heteroatoms. The summed E-state index contributed by atoms with van der Waals surface area (Å²) in [6.07, 6.45) is -6.13. The number of aromatic carboxylic acids is 1. The summed E-state index contributed by atoms with van der Waals surface area (Å²) in [7, 11) is -6.93. The first-order valence-corrected chi connectivity index (χ1v) is 24.7. The second-order valence-electron chi connectivity index (χ2n) is 15.8. The summed E-state index contributed by atoms with van der Waals surface area (Å²) in [5, 5.41) is 17.6. The van der Waals surface area contributed by atoms with Crippen LogP contribution in [0.2, 0.25) is 0 Å². The highest BCUT2D eigenvalue weighted by Gasteiger charge is 2.31. The van der Waals surface area contributed by atoms with E-state index in [1.54, 1.807) is 0 Å². The van der Waals surface area contributed by atoms with Crippen LogP contribution in [-0.2, 0) is 48.3 Å². The smallest absolute Gasteiger partial charge is 0.416 e. The maximum atomic E-state index is 13.3. The molecule has 0 spiro atoms. The lowest BCUT2D eigenvalue weighted by Crippen LogP contribution is -2.10. The second-order valence-corrected chi connectivity index (χ2v) is 19.8. The summed E-state index contributed by atoms with van der Waals surface area (Å²) in [4.78, 5) is 23.0. The van der Waals surface area contributed by atoms with Crippen LogP contribution in [0.15, 0.2) is 168 Å². The minimum atomic E-state index is -4.49. The zero-order valence-corrected chi connectivity index (χ0v) is 40.0. The molecule has 8 aromatic rings. The van der Waals surface area contributed by atoms with Gasteiger partial charge in [0.25, 0.3) is 0 Å². The lowest BCUT2D eigenvalue weighted by Gasteiger charge is -2.08. The Morgan fingerprint density at radius 2 is 0.907 bits per heavy atom. The maximum Gasteiger partial charge on any atom is 0.416 e. The van der Waals surface area contributed by atoms with Gasteiger partial charge < -0.3 is 9.84 Å². The third-order valence-electron chi connectivity index (χ3n) is 10.6. The van der Waals surface area contributed by atoms with Crippen LogP contribution in [0.25, 0.3) is 11.4 Å². The van der Waals surface area contributed by atoms with Crippen LogP contribution < -0.4 is 0 Å². The molecule has 0 bridgehead atoms. The summed E-state index contributed by atoms with van der Waals surface area (Å²) >= 11 is 0. The van der Waals surface area contributed by atoms with E-state index in [-0.39, 0.29) is 43.4 Å². The first kappa shape index (κ1) is 53.9. The molecule has 0 aliphatic rings. The molecule has 0 atom stereocenters. The Bertz CT molecular complexity index is 3780. The molecule has 0 saturated heterocycles. The Morgan fingerprint density at radius 1 is 0.533 bits per heavy atom. The van der Waals surface area contributed by atoms with Crippen molar-refractivity contribution in [1.82, 2.24) is 19.6 Å². The van der Waals surface area contributed by atoms with Crippen LogP contribution in [0.1, 0.15) is 65.5 Å². The number of ether oxygens (including phenoxy) is 1. The molecule has 12 nitrogen and oxygen atoms in total. The van der Waals surface area contributed by atoms with E-state index >= 15 is 0 Å². The molecule has 75 heavy (non-hydrogen) atoms. The van der Waals surface area contributed by atoms with Crippen LogP contribution in [0.3, 0.4) is 0 Å².